The second-order valence-corrected chi connectivity index (χ2v) is 3.90. The summed E-state index contributed by atoms with van der Waals surface area (Å²) in [6.45, 7) is 2.29. The maximum absolute atomic E-state index is 10.7. The van der Waals surface area contributed by atoms with Crippen LogP contribution in [0.4, 0.5) is 5.69 Å². The Hall–Kier alpha value is -2.28. The average molecular weight is 248 g/mol. The standard InChI is InChI=1S/C11H12N4O3/c1-7(6-12)10-13-11(18-14-10)8-3-2-4-9(5-8)15(16)17/h2-5,7H,6,12H2,1H3. The van der Waals surface area contributed by atoms with E-state index in [0.29, 0.717) is 17.9 Å². The molecule has 0 aliphatic heterocycles. The van der Waals surface area contributed by atoms with Crippen LogP contribution >= 0.6 is 0 Å². The van der Waals surface area contributed by atoms with Gasteiger partial charge in [0.05, 0.1) is 4.92 Å². The van der Waals surface area contributed by atoms with Gasteiger partial charge in [-0.2, -0.15) is 4.98 Å². The van der Waals surface area contributed by atoms with Crippen LogP contribution in [-0.4, -0.2) is 21.6 Å². The van der Waals surface area contributed by atoms with Crippen LogP contribution in [0.25, 0.3) is 11.5 Å². The van der Waals surface area contributed by atoms with E-state index < -0.39 is 4.92 Å². The molecular formula is C11H12N4O3. The molecule has 0 fully saturated rings. The minimum Gasteiger partial charge on any atom is -0.334 e. The number of benzene rings is 1. The SMILES string of the molecule is CC(CN)c1noc(-c2cccc([N+](=O)[O-])c2)n1. The summed E-state index contributed by atoms with van der Waals surface area (Å²) in [6.07, 6.45) is 0. The Morgan fingerprint density at radius 3 is 3.00 bits per heavy atom. The minimum absolute atomic E-state index is 0.0128. The van der Waals surface area contributed by atoms with Crippen molar-refractivity contribution in [3.8, 4) is 11.5 Å². The van der Waals surface area contributed by atoms with Crippen LogP contribution in [0.3, 0.4) is 0 Å². The van der Waals surface area contributed by atoms with Gasteiger partial charge in [0.1, 0.15) is 0 Å². The first kappa shape index (κ1) is 12.2. The number of nitrogens with two attached hydrogens (primary N) is 1. The van der Waals surface area contributed by atoms with Gasteiger partial charge in [-0.1, -0.05) is 18.1 Å². The molecule has 1 heterocycles. The Balaban J connectivity index is 2.34. The van der Waals surface area contributed by atoms with Crippen molar-refractivity contribution in [2.75, 3.05) is 6.54 Å². The molecule has 2 rings (SSSR count). The Labute approximate surface area is 103 Å². The number of hydrogen-bond acceptors (Lipinski definition) is 6. The van der Waals surface area contributed by atoms with Crippen molar-refractivity contribution in [1.29, 1.82) is 0 Å². The fourth-order valence-electron chi connectivity index (χ4n) is 1.41. The van der Waals surface area contributed by atoms with E-state index in [-0.39, 0.29) is 17.5 Å². The fraction of sp³-hybridized carbons (Fsp3) is 0.273. The molecule has 1 aromatic carbocycles. The molecule has 1 aromatic heterocycles. The third-order valence-corrected chi connectivity index (χ3v) is 2.54. The van der Waals surface area contributed by atoms with Gasteiger partial charge in [-0.15, -0.1) is 0 Å². The van der Waals surface area contributed by atoms with Gasteiger partial charge in [0, 0.05) is 30.2 Å². The number of hydrogen-bond donors (Lipinski definition) is 1. The van der Waals surface area contributed by atoms with E-state index in [2.05, 4.69) is 10.1 Å². The average Bonchev–Trinajstić information content (AvgIpc) is 2.87. The maximum Gasteiger partial charge on any atom is 0.270 e. The van der Waals surface area contributed by atoms with E-state index in [0.717, 1.165) is 0 Å². The fourth-order valence-corrected chi connectivity index (χ4v) is 1.41. The highest BCUT2D eigenvalue weighted by molar-refractivity contribution is 5.57. The zero-order valence-electron chi connectivity index (χ0n) is 9.74. The van der Waals surface area contributed by atoms with E-state index >= 15 is 0 Å². The maximum atomic E-state index is 10.7. The van der Waals surface area contributed by atoms with Crippen molar-refractivity contribution in [3.63, 3.8) is 0 Å². The minimum atomic E-state index is -0.469. The van der Waals surface area contributed by atoms with E-state index in [1.807, 2.05) is 6.92 Å². The third-order valence-electron chi connectivity index (χ3n) is 2.54. The molecule has 18 heavy (non-hydrogen) atoms. The van der Waals surface area contributed by atoms with Gasteiger partial charge in [-0.25, -0.2) is 0 Å². The molecule has 0 saturated heterocycles. The Kier molecular flexibility index (Phi) is 3.33. The molecule has 1 unspecified atom stereocenters. The lowest BCUT2D eigenvalue weighted by molar-refractivity contribution is -0.384. The quantitative estimate of drug-likeness (QED) is 0.651. The van der Waals surface area contributed by atoms with Crippen molar-refractivity contribution in [1.82, 2.24) is 10.1 Å². The smallest absolute Gasteiger partial charge is 0.270 e. The summed E-state index contributed by atoms with van der Waals surface area (Å²) in [5.41, 5.74) is 6.01. The molecule has 2 aromatic rings. The molecular weight excluding hydrogens is 236 g/mol. The highest BCUT2D eigenvalue weighted by Crippen LogP contribution is 2.23. The molecule has 0 amide bonds. The van der Waals surface area contributed by atoms with Crippen LogP contribution in [0.5, 0.6) is 0 Å². The number of nitrogens with zero attached hydrogens (tertiary/aromatic N) is 3. The lowest BCUT2D eigenvalue weighted by Gasteiger charge is -1.99. The van der Waals surface area contributed by atoms with Gasteiger partial charge in [0.2, 0.25) is 0 Å². The third kappa shape index (κ3) is 2.35. The number of non-ortho nitro benzene ring substituents is 1. The van der Waals surface area contributed by atoms with Crippen LogP contribution in [-0.2, 0) is 0 Å². The summed E-state index contributed by atoms with van der Waals surface area (Å²) in [5, 5.41) is 14.5. The van der Waals surface area contributed by atoms with Gasteiger partial charge in [-0.3, -0.25) is 10.1 Å². The van der Waals surface area contributed by atoms with Crippen LogP contribution in [0.2, 0.25) is 0 Å². The van der Waals surface area contributed by atoms with Crippen molar-refractivity contribution in [2.45, 2.75) is 12.8 Å². The lowest BCUT2D eigenvalue weighted by atomic mass is 10.1. The topological polar surface area (TPSA) is 108 Å². The largest absolute Gasteiger partial charge is 0.334 e. The molecule has 0 saturated carbocycles. The first-order chi connectivity index (χ1) is 8.61. The lowest BCUT2D eigenvalue weighted by Crippen LogP contribution is -2.10. The zero-order valence-corrected chi connectivity index (χ0v) is 9.74. The molecule has 2 N–H and O–H groups in total. The van der Waals surface area contributed by atoms with Crippen molar-refractivity contribution in [3.05, 3.63) is 40.2 Å². The second kappa shape index (κ2) is 4.92. The molecule has 94 valence electrons. The summed E-state index contributed by atoms with van der Waals surface area (Å²) in [6, 6.07) is 6.05. The van der Waals surface area contributed by atoms with Gasteiger partial charge in [0.25, 0.3) is 11.6 Å². The summed E-state index contributed by atoms with van der Waals surface area (Å²) in [4.78, 5) is 14.4. The highest BCUT2D eigenvalue weighted by Gasteiger charge is 2.15. The van der Waals surface area contributed by atoms with E-state index in [1.165, 1.54) is 12.1 Å². The Morgan fingerprint density at radius 2 is 2.33 bits per heavy atom. The number of aromatic nitrogens is 2. The molecule has 0 radical (unpaired) electrons. The summed E-state index contributed by atoms with van der Waals surface area (Å²) in [5.74, 6) is 0.745. The summed E-state index contributed by atoms with van der Waals surface area (Å²) < 4.78 is 5.07. The van der Waals surface area contributed by atoms with Gasteiger partial charge < -0.3 is 10.3 Å². The monoisotopic (exact) mass is 248 g/mol. The van der Waals surface area contributed by atoms with Gasteiger partial charge in [0.15, 0.2) is 5.82 Å². The first-order valence-corrected chi connectivity index (χ1v) is 5.40. The van der Waals surface area contributed by atoms with Crippen LogP contribution in [0.15, 0.2) is 28.8 Å². The molecule has 0 spiro atoms. The van der Waals surface area contributed by atoms with Gasteiger partial charge >= 0.3 is 0 Å². The first-order valence-electron chi connectivity index (χ1n) is 5.40. The number of nitro groups is 1. The second-order valence-electron chi connectivity index (χ2n) is 3.90. The zero-order chi connectivity index (χ0) is 13.1. The number of rotatable bonds is 4. The Bertz CT molecular complexity index is 567. The molecule has 0 aliphatic rings. The molecule has 0 bridgehead atoms. The van der Waals surface area contributed by atoms with Crippen LogP contribution in [0.1, 0.15) is 18.7 Å². The van der Waals surface area contributed by atoms with Crippen molar-refractivity contribution >= 4 is 5.69 Å². The summed E-state index contributed by atoms with van der Waals surface area (Å²) >= 11 is 0. The van der Waals surface area contributed by atoms with Gasteiger partial charge in [-0.05, 0) is 6.07 Å². The Morgan fingerprint density at radius 1 is 1.56 bits per heavy atom. The highest BCUT2D eigenvalue weighted by atomic mass is 16.6. The van der Waals surface area contributed by atoms with Crippen LogP contribution < -0.4 is 5.73 Å². The number of nitro benzene ring substituents is 1. The summed E-state index contributed by atoms with van der Waals surface area (Å²) in [7, 11) is 0. The van der Waals surface area contributed by atoms with E-state index in [1.54, 1.807) is 12.1 Å². The van der Waals surface area contributed by atoms with E-state index in [4.69, 9.17) is 10.3 Å². The van der Waals surface area contributed by atoms with E-state index in [9.17, 15) is 10.1 Å². The predicted octanol–water partition coefficient (Wildman–Crippen LogP) is 1.71. The molecule has 0 aliphatic carbocycles. The van der Waals surface area contributed by atoms with Crippen molar-refractivity contribution < 1.29 is 9.45 Å². The normalized spacial score (nSPS) is 12.3. The van der Waals surface area contributed by atoms with Crippen molar-refractivity contribution in [2.24, 2.45) is 5.73 Å². The predicted molar refractivity (Wildman–Crippen MR) is 63.9 cm³/mol. The molecule has 1 atom stereocenters. The molecule has 7 nitrogen and oxygen atoms in total. The molecule has 7 heteroatoms. The van der Waals surface area contributed by atoms with Crippen LogP contribution in [0, 0.1) is 10.1 Å².